The fraction of sp³-hybridized carbons (Fsp3) is 0.412. The van der Waals surface area contributed by atoms with Gasteiger partial charge in [-0.2, -0.15) is 5.10 Å². The lowest BCUT2D eigenvalue weighted by molar-refractivity contribution is -0.118. The fourth-order valence-electron chi connectivity index (χ4n) is 2.92. The van der Waals surface area contributed by atoms with Crippen LogP contribution in [0, 0.1) is 0 Å². The van der Waals surface area contributed by atoms with Gasteiger partial charge in [0.2, 0.25) is 11.7 Å². The lowest BCUT2D eigenvalue weighted by atomic mass is 10.1. The molecule has 0 aliphatic carbocycles. The minimum Gasteiger partial charge on any atom is -0.314 e. The van der Waals surface area contributed by atoms with Gasteiger partial charge in [-0.1, -0.05) is 6.07 Å². The predicted octanol–water partition coefficient (Wildman–Crippen LogP) is 0.542. The molecule has 3 rings (SSSR count). The van der Waals surface area contributed by atoms with Gasteiger partial charge in [0.1, 0.15) is 6.33 Å². The SMILES string of the molecule is CN(C)CC(=O)N(C)c1ccc2c(c1)N(C(=O)c1ncnn1C)CC2. The zero-order chi connectivity index (χ0) is 18.1. The van der Waals surface area contributed by atoms with E-state index in [0.29, 0.717) is 18.9 Å². The van der Waals surface area contributed by atoms with Crippen LogP contribution in [0.25, 0.3) is 0 Å². The Balaban J connectivity index is 1.88. The van der Waals surface area contributed by atoms with Crippen molar-refractivity contribution in [3.05, 3.63) is 35.9 Å². The van der Waals surface area contributed by atoms with Crippen LogP contribution in [0.3, 0.4) is 0 Å². The normalized spacial score (nSPS) is 13.2. The first kappa shape index (κ1) is 17.1. The first-order chi connectivity index (χ1) is 11.9. The van der Waals surface area contributed by atoms with Crippen LogP contribution >= 0.6 is 0 Å². The Morgan fingerprint density at radius 1 is 1.24 bits per heavy atom. The van der Waals surface area contributed by atoms with Gasteiger partial charge in [0.05, 0.1) is 6.54 Å². The van der Waals surface area contributed by atoms with E-state index in [2.05, 4.69) is 10.1 Å². The second kappa shape index (κ2) is 6.64. The molecule has 1 aliphatic rings. The molecule has 0 N–H and O–H groups in total. The molecule has 132 valence electrons. The first-order valence-corrected chi connectivity index (χ1v) is 8.08. The summed E-state index contributed by atoms with van der Waals surface area (Å²) in [6.07, 6.45) is 2.16. The fourth-order valence-corrected chi connectivity index (χ4v) is 2.92. The van der Waals surface area contributed by atoms with Gasteiger partial charge in [-0.25, -0.2) is 9.67 Å². The van der Waals surface area contributed by atoms with E-state index in [0.717, 1.165) is 23.4 Å². The predicted molar refractivity (Wildman–Crippen MR) is 94.8 cm³/mol. The lowest BCUT2D eigenvalue weighted by Crippen LogP contribution is -2.35. The summed E-state index contributed by atoms with van der Waals surface area (Å²) < 4.78 is 1.47. The van der Waals surface area contributed by atoms with E-state index in [-0.39, 0.29) is 11.8 Å². The van der Waals surface area contributed by atoms with Crippen molar-refractivity contribution in [3.8, 4) is 0 Å². The van der Waals surface area contributed by atoms with Crippen LogP contribution < -0.4 is 9.80 Å². The molecule has 0 atom stereocenters. The third-order valence-corrected chi connectivity index (χ3v) is 4.33. The van der Waals surface area contributed by atoms with Gasteiger partial charge in [-0.3, -0.25) is 9.59 Å². The number of nitrogens with zero attached hydrogens (tertiary/aromatic N) is 6. The Morgan fingerprint density at radius 3 is 2.64 bits per heavy atom. The number of likely N-dealkylation sites (N-methyl/N-ethyl adjacent to an activating group) is 2. The molecule has 0 radical (unpaired) electrons. The summed E-state index contributed by atoms with van der Waals surface area (Å²) in [5.41, 5.74) is 2.69. The summed E-state index contributed by atoms with van der Waals surface area (Å²) in [6.45, 7) is 0.926. The number of aryl methyl sites for hydroxylation is 1. The summed E-state index contributed by atoms with van der Waals surface area (Å²) in [6, 6.07) is 5.79. The molecule has 1 aromatic carbocycles. The number of rotatable bonds is 4. The van der Waals surface area contributed by atoms with Gasteiger partial charge in [0.25, 0.3) is 5.91 Å². The van der Waals surface area contributed by atoms with Gasteiger partial charge in [0, 0.05) is 32.0 Å². The number of aromatic nitrogens is 3. The van der Waals surface area contributed by atoms with Gasteiger partial charge in [-0.15, -0.1) is 0 Å². The van der Waals surface area contributed by atoms with E-state index >= 15 is 0 Å². The summed E-state index contributed by atoms with van der Waals surface area (Å²) in [5, 5.41) is 3.96. The summed E-state index contributed by atoms with van der Waals surface area (Å²) in [5.74, 6) is 0.114. The van der Waals surface area contributed by atoms with Crippen molar-refractivity contribution in [1.82, 2.24) is 19.7 Å². The third kappa shape index (κ3) is 3.25. The molecule has 0 spiro atoms. The Morgan fingerprint density at radius 2 is 2.00 bits per heavy atom. The molecule has 0 fully saturated rings. The van der Waals surface area contributed by atoms with Crippen LogP contribution in [0.2, 0.25) is 0 Å². The second-order valence-electron chi connectivity index (χ2n) is 6.42. The van der Waals surface area contributed by atoms with Crippen molar-refractivity contribution in [2.24, 2.45) is 7.05 Å². The van der Waals surface area contributed by atoms with Gasteiger partial charge in [0.15, 0.2) is 0 Å². The zero-order valence-corrected chi connectivity index (χ0v) is 14.9. The van der Waals surface area contributed by atoms with Crippen molar-refractivity contribution in [1.29, 1.82) is 0 Å². The smallest absolute Gasteiger partial charge is 0.295 e. The zero-order valence-electron chi connectivity index (χ0n) is 14.9. The number of amides is 2. The third-order valence-electron chi connectivity index (χ3n) is 4.33. The molecule has 2 heterocycles. The van der Waals surface area contributed by atoms with Crippen LogP contribution in [0.5, 0.6) is 0 Å². The first-order valence-electron chi connectivity index (χ1n) is 8.08. The molecule has 8 heteroatoms. The number of carbonyl (C=O) groups is 2. The van der Waals surface area contributed by atoms with E-state index in [4.69, 9.17) is 0 Å². The number of hydrogen-bond donors (Lipinski definition) is 0. The summed E-state index contributed by atoms with van der Waals surface area (Å²) in [7, 11) is 7.16. The maximum absolute atomic E-state index is 12.8. The number of fused-ring (bicyclic) bond motifs is 1. The highest BCUT2D eigenvalue weighted by molar-refractivity contribution is 6.05. The molecular formula is C17H22N6O2. The Bertz CT molecular complexity index is 813. The van der Waals surface area contributed by atoms with E-state index in [1.807, 2.05) is 37.2 Å². The van der Waals surface area contributed by atoms with Crippen molar-refractivity contribution in [2.45, 2.75) is 6.42 Å². The average molecular weight is 342 g/mol. The molecular weight excluding hydrogens is 320 g/mol. The average Bonchev–Trinajstić information content (AvgIpc) is 3.18. The highest BCUT2D eigenvalue weighted by atomic mass is 16.2. The molecule has 8 nitrogen and oxygen atoms in total. The minimum atomic E-state index is -0.182. The molecule has 0 saturated heterocycles. The molecule has 1 aliphatic heterocycles. The number of hydrogen-bond acceptors (Lipinski definition) is 5. The molecule has 0 unspecified atom stereocenters. The van der Waals surface area contributed by atoms with Crippen LogP contribution in [0.15, 0.2) is 24.5 Å². The van der Waals surface area contributed by atoms with Crippen molar-refractivity contribution < 1.29 is 9.59 Å². The quantitative estimate of drug-likeness (QED) is 0.811. The van der Waals surface area contributed by atoms with Gasteiger partial charge >= 0.3 is 0 Å². The Labute approximate surface area is 146 Å². The van der Waals surface area contributed by atoms with Gasteiger partial charge < -0.3 is 14.7 Å². The van der Waals surface area contributed by atoms with Crippen molar-refractivity contribution in [3.63, 3.8) is 0 Å². The number of anilines is 2. The lowest BCUT2D eigenvalue weighted by Gasteiger charge is -2.22. The molecule has 25 heavy (non-hydrogen) atoms. The van der Waals surface area contributed by atoms with Crippen molar-refractivity contribution >= 4 is 23.2 Å². The standard InChI is InChI=1S/C17H22N6O2/c1-20(2)10-15(24)21(3)13-6-5-12-7-8-23(14(12)9-13)17(25)16-18-11-19-22(16)4/h5-6,9,11H,7-8,10H2,1-4H3. The maximum Gasteiger partial charge on any atom is 0.295 e. The summed E-state index contributed by atoms with van der Waals surface area (Å²) in [4.78, 5) is 34.2. The van der Waals surface area contributed by atoms with E-state index < -0.39 is 0 Å². The van der Waals surface area contributed by atoms with E-state index in [1.54, 1.807) is 23.9 Å². The second-order valence-corrected chi connectivity index (χ2v) is 6.42. The van der Waals surface area contributed by atoms with Crippen LogP contribution in [-0.2, 0) is 18.3 Å². The van der Waals surface area contributed by atoms with E-state index in [1.165, 1.54) is 11.0 Å². The Kier molecular flexibility index (Phi) is 4.54. The topological polar surface area (TPSA) is 74.6 Å². The van der Waals surface area contributed by atoms with Crippen LogP contribution in [-0.4, -0.2) is 65.7 Å². The minimum absolute atomic E-state index is 0.00544. The van der Waals surface area contributed by atoms with E-state index in [9.17, 15) is 9.59 Å². The molecule has 2 aromatic rings. The van der Waals surface area contributed by atoms with Gasteiger partial charge in [-0.05, 0) is 38.2 Å². The van der Waals surface area contributed by atoms with Crippen LogP contribution in [0.1, 0.15) is 16.2 Å². The van der Waals surface area contributed by atoms with Crippen molar-refractivity contribution in [2.75, 3.05) is 44.0 Å². The molecule has 0 bridgehead atoms. The summed E-state index contributed by atoms with van der Waals surface area (Å²) >= 11 is 0. The van der Waals surface area contributed by atoms with Crippen LogP contribution in [0.4, 0.5) is 11.4 Å². The molecule has 1 aromatic heterocycles. The maximum atomic E-state index is 12.8. The monoisotopic (exact) mass is 342 g/mol. The highest BCUT2D eigenvalue weighted by Gasteiger charge is 2.29. The molecule has 2 amide bonds. The Hall–Kier alpha value is -2.74. The molecule has 0 saturated carbocycles. The number of carbonyl (C=O) groups excluding carboxylic acids is 2. The highest BCUT2D eigenvalue weighted by Crippen LogP contribution is 2.32. The number of benzene rings is 1. The largest absolute Gasteiger partial charge is 0.314 e.